The van der Waals surface area contributed by atoms with Gasteiger partial charge in [-0.3, -0.25) is 19.3 Å². The molecule has 2 aromatic carbocycles. The van der Waals surface area contributed by atoms with Gasteiger partial charge in [0.15, 0.2) is 22.3 Å². The van der Waals surface area contributed by atoms with Crippen molar-refractivity contribution >= 4 is 75.2 Å². The van der Waals surface area contributed by atoms with Crippen LogP contribution in [0.4, 0.5) is 5.13 Å². The first-order chi connectivity index (χ1) is 25.8. The van der Waals surface area contributed by atoms with E-state index in [1.807, 2.05) is 0 Å². The number of nitrogens with one attached hydrogen (secondary N) is 2. The Kier molecular flexibility index (Phi) is 11.3. The van der Waals surface area contributed by atoms with E-state index in [1.54, 1.807) is 18.2 Å². The summed E-state index contributed by atoms with van der Waals surface area (Å²) in [7, 11) is 0. The zero-order valence-electron chi connectivity index (χ0n) is 28.3. The number of hydrogen-bond acceptors (Lipinski definition) is 13. The average molecular weight is 801 g/mol. The Morgan fingerprint density at radius 3 is 2.48 bits per heavy atom. The number of oxime groups is 1. The van der Waals surface area contributed by atoms with Crippen LogP contribution < -0.4 is 16.4 Å². The van der Waals surface area contributed by atoms with Crippen molar-refractivity contribution in [2.45, 2.75) is 30.4 Å². The van der Waals surface area contributed by atoms with Gasteiger partial charge in [0.25, 0.3) is 17.7 Å². The summed E-state index contributed by atoms with van der Waals surface area (Å²) in [5, 5.41) is 49.4. The lowest BCUT2D eigenvalue weighted by Gasteiger charge is -2.50. The Bertz CT molecular complexity index is 2050. The monoisotopic (exact) mass is 800 g/mol. The number of hydrogen-bond donors (Lipinski definition) is 7. The van der Waals surface area contributed by atoms with E-state index in [9.17, 15) is 44.4 Å². The normalized spacial score (nSPS) is 19.8. The maximum absolute atomic E-state index is 13.6. The van der Waals surface area contributed by atoms with Crippen LogP contribution in [0.1, 0.15) is 40.6 Å². The van der Waals surface area contributed by atoms with Crippen LogP contribution >= 0.6 is 34.7 Å². The zero-order chi connectivity index (χ0) is 38.7. The van der Waals surface area contributed by atoms with Crippen LogP contribution in [-0.2, 0) is 24.0 Å². The largest absolute Gasteiger partial charge is 0.504 e. The molecule has 1 aromatic heterocycles. The van der Waals surface area contributed by atoms with Crippen LogP contribution in [-0.4, -0.2) is 120 Å². The predicted molar refractivity (Wildman–Crippen MR) is 197 cm³/mol. The van der Waals surface area contributed by atoms with Crippen LogP contribution in [0.2, 0.25) is 5.02 Å². The number of halogens is 1. The summed E-state index contributed by atoms with van der Waals surface area (Å²) in [6.07, 6.45) is 0.196. The van der Waals surface area contributed by atoms with Crippen LogP contribution in [0.5, 0.6) is 11.5 Å². The number of phenolic OH excluding ortho intramolecular Hbond substituents is 2. The Morgan fingerprint density at radius 1 is 1.11 bits per heavy atom. The molecule has 2 saturated heterocycles. The number of nitrogen functional groups attached to an aromatic ring is 1. The molecule has 0 aliphatic carbocycles. The maximum atomic E-state index is 13.6. The number of β-lactam (4-membered cyclic amide) rings is 1. The number of carboxylic acid groups (broad SMARTS) is 2. The number of benzene rings is 2. The molecule has 3 atom stereocenters. The number of carboxylic acids is 2. The van der Waals surface area contributed by atoms with E-state index in [0.29, 0.717) is 36.2 Å². The third-order valence-corrected chi connectivity index (χ3v) is 11.7. The first-order valence-electron chi connectivity index (χ1n) is 16.6. The molecule has 284 valence electrons. The van der Waals surface area contributed by atoms with Crippen molar-refractivity contribution in [3.05, 3.63) is 81.0 Å². The molecule has 3 aromatic rings. The number of quaternary nitrogens is 1. The molecule has 0 bridgehead atoms. The number of fused-ring (bicyclic) bond motifs is 1. The summed E-state index contributed by atoms with van der Waals surface area (Å²) in [4.78, 5) is 75.3. The van der Waals surface area contributed by atoms with Crippen molar-refractivity contribution in [1.29, 1.82) is 0 Å². The van der Waals surface area contributed by atoms with Gasteiger partial charge in [-0.25, -0.2) is 14.6 Å². The number of rotatable bonds is 14. The maximum Gasteiger partial charge on any atom is 0.352 e. The van der Waals surface area contributed by atoms with Crippen molar-refractivity contribution in [2.75, 3.05) is 44.2 Å². The van der Waals surface area contributed by atoms with Gasteiger partial charge in [0.1, 0.15) is 29.4 Å². The zero-order valence-corrected chi connectivity index (χ0v) is 30.7. The van der Waals surface area contributed by atoms with E-state index in [0.717, 1.165) is 35.1 Å². The molecule has 17 nitrogen and oxygen atoms in total. The molecule has 0 radical (unpaired) electrons. The average Bonchev–Trinajstić information content (AvgIpc) is 3.80. The number of likely N-dealkylation sites (tertiary alicyclic amines) is 1. The van der Waals surface area contributed by atoms with Gasteiger partial charge in [-0.2, -0.15) is 0 Å². The second kappa shape index (κ2) is 15.9. The lowest BCUT2D eigenvalue weighted by molar-refractivity contribution is -0.911. The standard InChI is InChI=1S/C34H34ClN7O10S2/c35-22-19(8-9-21(43)26(22)44)28(45)37-10-13-42(11-4-5-12-42)14-18-15-53-31-24(30(47)41(31)25(18)32(48)49)39-29(46)23(20-16-54-34(36)38-20)40-52-27(33(50)51)17-6-2-1-3-7-17/h1-3,6-9,16,24,27,31H,4-5,10-15H2,(H7-,36,37,38,39,40,43,44,45,46,48,49,50,51)/p+1/t24-,27+,31-/m1/s1. The Labute approximate surface area is 320 Å². The fraction of sp³-hybridized carbons (Fsp3) is 0.324. The minimum Gasteiger partial charge on any atom is -0.504 e. The molecule has 6 rings (SSSR count). The SMILES string of the molecule is Nc1nc(C(=NO[C@H](C(=O)O)c2ccccc2)C(=O)N[C@@H]2C(=O)N3C(C(=O)O)=C(C[N+]4(CCNC(=O)c5ccc(O)c(O)c5Cl)CCCC4)CS[C@H]23)cs1. The van der Waals surface area contributed by atoms with Crippen LogP contribution in [0, 0.1) is 0 Å². The Morgan fingerprint density at radius 2 is 1.83 bits per heavy atom. The van der Waals surface area contributed by atoms with Crippen LogP contribution in [0.25, 0.3) is 0 Å². The summed E-state index contributed by atoms with van der Waals surface area (Å²) in [6, 6.07) is 9.29. The van der Waals surface area contributed by atoms with E-state index in [-0.39, 0.29) is 45.0 Å². The molecule has 3 amide bonds. The number of thioether (sulfide) groups is 1. The summed E-state index contributed by atoms with van der Waals surface area (Å²) >= 11 is 8.34. The molecule has 0 unspecified atom stereocenters. The lowest BCUT2D eigenvalue weighted by Crippen LogP contribution is -2.71. The van der Waals surface area contributed by atoms with E-state index in [1.165, 1.54) is 35.3 Å². The highest BCUT2D eigenvalue weighted by Crippen LogP contribution is 2.42. The Hall–Kier alpha value is -5.37. The van der Waals surface area contributed by atoms with Crippen LogP contribution in [0.3, 0.4) is 0 Å². The van der Waals surface area contributed by atoms with Crippen LogP contribution in [0.15, 0.2) is 64.3 Å². The van der Waals surface area contributed by atoms with Crippen molar-refractivity contribution in [2.24, 2.45) is 5.16 Å². The van der Waals surface area contributed by atoms with Gasteiger partial charge in [0.05, 0.1) is 36.8 Å². The van der Waals surface area contributed by atoms with E-state index >= 15 is 0 Å². The Balaban J connectivity index is 1.16. The van der Waals surface area contributed by atoms with Gasteiger partial charge < -0.3 is 46.1 Å². The number of carbonyl (C=O) groups is 5. The lowest BCUT2D eigenvalue weighted by atomic mass is 10.0. The first kappa shape index (κ1) is 38.4. The third-order valence-electron chi connectivity index (χ3n) is 9.34. The van der Waals surface area contributed by atoms with Gasteiger partial charge >= 0.3 is 11.9 Å². The van der Waals surface area contributed by atoms with Gasteiger partial charge in [0.2, 0.25) is 6.10 Å². The third kappa shape index (κ3) is 7.79. The number of phenols is 2. The smallest absolute Gasteiger partial charge is 0.352 e. The molecule has 54 heavy (non-hydrogen) atoms. The fourth-order valence-electron chi connectivity index (χ4n) is 6.70. The molecule has 4 heterocycles. The topological polar surface area (TPSA) is 254 Å². The van der Waals surface area contributed by atoms with E-state index in [2.05, 4.69) is 20.8 Å². The van der Waals surface area contributed by atoms with E-state index in [4.69, 9.17) is 22.2 Å². The number of aromatic hydroxyl groups is 2. The van der Waals surface area contributed by atoms with Gasteiger partial charge in [-0.1, -0.05) is 47.1 Å². The molecule has 3 aliphatic rings. The minimum atomic E-state index is -1.56. The van der Waals surface area contributed by atoms with Gasteiger partial charge in [-0.15, -0.1) is 23.1 Å². The van der Waals surface area contributed by atoms with Crippen molar-refractivity contribution in [3.8, 4) is 11.5 Å². The number of amides is 3. The minimum absolute atomic E-state index is 0.0123. The molecule has 3 aliphatic heterocycles. The molecule has 20 heteroatoms. The van der Waals surface area contributed by atoms with Crippen molar-refractivity contribution < 1.29 is 53.7 Å². The first-order valence-corrected chi connectivity index (χ1v) is 18.9. The second-order valence-electron chi connectivity index (χ2n) is 12.8. The summed E-state index contributed by atoms with van der Waals surface area (Å²) in [5.41, 5.74) is 5.97. The molecule has 2 fully saturated rings. The molecule has 0 spiro atoms. The number of anilines is 1. The molecule has 0 saturated carbocycles. The number of aromatic nitrogens is 1. The molecule has 8 N–H and O–H groups in total. The molecular formula is C34H35ClN7O10S2+. The molecular weight excluding hydrogens is 766 g/mol. The number of nitrogens with two attached hydrogens (primary N) is 1. The summed E-state index contributed by atoms with van der Waals surface area (Å²) in [5.74, 6) is -5.58. The number of nitrogens with zero attached hydrogens (tertiary/aromatic N) is 4. The van der Waals surface area contributed by atoms with Gasteiger partial charge in [-0.05, 0) is 12.1 Å². The number of aliphatic carboxylic acids is 2. The van der Waals surface area contributed by atoms with E-state index < -0.39 is 64.4 Å². The highest BCUT2D eigenvalue weighted by atomic mass is 35.5. The van der Waals surface area contributed by atoms with Crippen molar-refractivity contribution in [1.82, 2.24) is 20.5 Å². The summed E-state index contributed by atoms with van der Waals surface area (Å²) in [6.45, 7) is 2.39. The second-order valence-corrected chi connectivity index (χ2v) is 15.2. The number of thiazole rings is 1. The fourth-order valence-corrected chi connectivity index (χ4v) is 8.83. The summed E-state index contributed by atoms with van der Waals surface area (Å²) < 4.78 is 0.464. The van der Waals surface area contributed by atoms with Crippen molar-refractivity contribution in [3.63, 3.8) is 0 Å². The van der Waals surface area contributed by atoms with Gasteiger partial charge in [0, 0.05) is 35.1 Å². The predicted octanol–water partition coefficient (Wildman–Crippen LogP) is 2.12. The highest BCUT2D eigenvalue weighted by Gasteiger charge is 2.55. The number of carbonyl (C=O) groups excluding carboxylic acids is 3. The quantitative estimate of drug-likeness (QED) is 0.0406. The highest BCUT2D eigenvalue weighted by molar-refractivity contribution is 8.00.